The van der Waals surface area contributed by atoms with Crippen LogP contribution in [-0.4, -0.2) is 32.8 Å². The molecule has 0 aliphatic carbocycles. The van der Waals surface area contributed by atoms with Gasteiger partial charge in [0.25, 0.3) is 0 Å². The standard InChI is InChI=1S/C24H27N5/c1-15-10-19(11-16(2)27-15)24-17(3)22-5-4-18(12-23(22)28-24)20-13-26-29(14-20)21-6-8-25-9-7-21/h4-5,10-14,21,25,28H,6-9H2,1-3H3. The second-order valence-corrected chi connectivity index (χ2v) is 8.21. The van der Waals surface area contributed by atoms with Gasteiger partial charge in [0.1, 0.15) is 0 Å². The minimum atomic E-state index is 0.506. The lowest BCUT2D eigenvalue weighted by Crippen LogP contribution is -2.29. The fourth-order valence-electron chi connectivity index (χ4n) is 4.54. The number of fused-ring (bicyclic) bond motifs is 1. The van der Waals surface area contributed by atoms with E-state index in [1.54, 1.807) is 0 Å². The topological polar surface area (TPSA) is 58.5 Å². The summed E-state index contributed by atoms with van der Waals surface area (Å²) in [5.74, 6) is 0. The Labute approximate surface area is 171 Å². The van der Waals surface area contributed by atoms with E-state index in [2.05, 4.69) is 68.5 Å². The molecule has 0 saturated carbocycles. The second kappa shape index (κ2) is 7.16. The molecule has 1 aliphatic rings. The van der Waals surface area contributed by atoms with E-state index in [1.165, 1.54) is 33.3 Å². The smallest absolute Gasteiger partial charge is 0.0568 e. The largest absolute Gasteiger partial charge is 0.354 e. The molecule has 4 aromatic rings. The van der Waals surface area contributed by atoms with Crippen LogP contribution in [0.5, 0.6) is 0 Å². The lowest BCUT2D eigenvalue weighted by molar-refractivity contribution is 0.343. The fourth-order valence-corrected chi connectivity index (χ4v) is 4.54. The maximum Gasteiger partial charge on any atom is 0.0568 e. The molecule has 0 unspecified atom stereocenters. The molecule has 4 heterocycles. The van der Waals surface area contributed by atoms with Crippen molar-refractivity contribution in [3.8, 4) is 22.4 Å². The number of hydrogen-bond acceptors (Lipinski definition) is 3. The van der Waals surface area contributed by atoms with Crippen molar-refractivity contribution >= 4 is 10.9 Å². The highest BCUT2D eigenvalue weighted by Crippen LogP contribution is 2.33. The van der Waals surface area contributed by atoms with Gasteiger partial charge in [-0.1, -0.05) is 12.1 Å². The molecular weight excluding hydrogens is 358 g/mol. The Balaban J connectivity index is 1.52. The van der Waals surface area contributed by atoms with E-state index in [9.17, 15) is 0 Å². The van der Waals surface area contributed by atoms with Crippen molar-refractivity contribution in [1.82, 2.24) is 25.1 Å². The maximum atomic E-state index is 4.66. The Morgan fingerprint density at radius 1 is 0.931 bits per heavy atom. The number of nitrogens with one attached hydrogen (secondary N) is 2. The zero-order valence-corrected chi connectivity index (χ0v) is 17.3. The Kier molecular flexibility index (Phi) is 4.47. The molecule has 0 spiro atoms. The van der Waals surface area contributed by atoms with Crippen LogP contribution in [0.3, 0.4) is 0 Å². The van der Waals surface area contributed by atoms with Crippen molar-refractivity contribution in [3.63, 3.8) is 0 Å². The number of aromatic nitrogens is 4. The first-order valence-electron chi connectivity index (χ1n) is 10.4. The molecule has 0 atom stereocenters. The van der Waals surface area contributed by atoms with E-state index in [-0.39, 0.29) is 0 Å². The molecule has 5 heteroatoms. The molecule has 1 aliphatic heterocycles. The van der Waals surface area contributed by atoms with Crippen LogP contribution in [0.2, 0.25) is 0 Å². The molecule has 0 bridgehead atoms. The Morgan fingerprint density at radius 3 is 2.45 bits per heavy atom. The van der Waals surface area contributed by atoms with Crippen molar-refractivity contribution in [3.05, 3.63) is 59.7 Å². The minimum absolute atomic E-state index is 0.506. The summed E-state index contributed by atoms with van der Waals surface area (Å²) in [6.07, 6.45) is 6.48. The van der Waals surface area contributed by atoms with Crippen LogP contribution < -0.4 is 5.32 Å². The first-order chi connectivity index (χ1) is 14.1. The molecule has 1 saturated heterocycles. The number of aromatic amines is 1. The second-order valence-electron chi connectivity index (χ2n) is 8.21. The van der Waals surface area contributed by atoms with Crippen LogP contribution in [0.4, 0.5) is 0 Å². The Morgan fingerprint density at radius 2 is 1.69 bits per heavy atom. The first kappa shape index (κ1) is 18.1. The number of nitrogens with zero attached hydrogens (tertiary/aromatic N) is 3. The lowest BCUT2D eigenvalue weighted by Gasteiger charge is -2.22. The maximum absolute atomic E-state index is 4.66. The summed E-state index contributed by atoms with van der Waals surface area (Å²) >= 11 is 0. The van der Waals surface area contributed by atoms with Crippen LogP contribution in [-0.2, 0) is 0 Å². The van der Waals surface area contributed by atoms with Gasteiger partial charge in [-0.05, 0) is 76.0 Å². The van der Waals surface area contributed by atoms with E-state index in [4.69, 9.17) is 0 Å². The average molecular weight is 386 g/mol. The van der Waals surface area contributed by atoms with Crippen molar-refractivity contribution in [2.75, 3.05) is 13.1 Å². The van der Waals surface area contributed by atoms with Crippen LogP contribution >= 0.6 is 0 Å². The fraction of sp³-hybridized carbons (Fsp3) is 0.333. The normalized spacial score (nSPS) is 15.3. The van der Waals surface area contributed by atoms with E-state index in [0.29, 0.717) is 6.04 Å². The number of rotatable bonds is 3. The van der Waals surface area contributed by atoms with Crippen molar-refractivity contribution in [1.29, 1.82) is 0 Å². The van der Waals surface area contributed by atoms with Gasteiger partial charge in [0.15, 0.2) is 0 Å². The third-order valence-electron chi connectivity index (χ3n) is 6.05. The van der Waals surface area contributed by atoms with Crippen molar-refractivity contribution in [2.45, 2.75) is 39.7 Å². The van der Waals surface area contributed by atoms with Gasteiger partial charge in [-0.3, -0.25) is 9.67 Å². The Hall–Kier alpha value is -2.92. The third kappa shape index (κ3) is 3.36. The number of benzene rings is 1. The average Bonchev–Trinajstić information content (AvgIpc) is 3.33. The number of hydrogen-bond donors (Lipinski definition) is 2. The molecule has 5 nitrogen and oxygen atoms in total. The van der Waals surface area contributed by atoms with E-state index < -0.39 is 0 Å². The van der Waals surface area contributed by atoms with Gasteiger partial charge < -0.3 is 10.3 Å². The van der Waals surface area contributed by atoms with Gasteiger partial charge in [0.05, 0.1) is 12.2 Å². The summed E-state index contributed by atoms with van der Waals surface area (Å²) < 4.78 is 2.15. The molecule has 5 rings (SSSR count). The van der Waals surface area contributed by atoms with Crippen LogP contribution in [0, 0.1) is 20.8 Å². The van der Waals surface area contributed by atoms with Crippen molar-refractivity contribution in [2.24, 2.45) is 0 Å². The molecule has 29 heavy (non-hydrogen) atoms. The van der Waals surface area contributed by atoms with E-state index >= 15 is 0 Å². The van der Waals surface area contributed by atoms with Gasteiger partial charge in [0.2, 0.25) is 0 Å². The molecule has 3 aromatic heterocycles. The zero-order valence-electron chi connectivity index (χ0n) is 17.3. The molecular formula is C24H27N5. The van der Waals surface area contributed by atoms with Gasteiger partial charge in [-0.2, -0.15) is 5.10 Å². The molecule has 0 amide bonds. The van der Waals surface area contributed by atoms with Crippen LogP contribution in [0.15, 0.2) is 42.7 Å². The predicted molar refractivity (Wildman–Crippen MR) is 118 cm³/mol. The van der Waals surface area contributed by atoms with E-state index in [1.807, 2.05) is 20.0 Å². The lowest BCUT2D eigenvalue weighted by atomic mass is 10.0. The van der Waals surface area contributed by atoms with Crippen molar-refractivity contribution < 1.29 is 0 Å². The number of aryl methyl sites for hydroxylation is 3. The van der Waals surface area contributed by atoms with Gasteiger partial charge in [0, 0.05) is 45.3 Å². The minimum Gasteiger partial charge on any atom is -0.354 e. The molecule has 0 radical (unpaired) electrons. The van der Waals surface area contributed by atoms with Crippen LogP contribution in [0.1, 0.15) is 35.8 Å². The zero-order chi connectivity index (χ0) is 20.0. The summed E-state index contributed by atoms with van der Waals surface area (Å²) in [4.78, 5) is 8.16. The van der Waals surface area contributed by atoms with Gasteiger partial charge in [-0.25, -0.2) is 0 Å². The first-order valence-corrected chi connectivity index (χ1v) is 10.4. The third-order valence-corrected chi connectivity index (χ3v) is 6.05. The monoisotopic (exact) mass is 385 g/mol. The van der Waals surface area contributed by atoms with Gasteiger partial charge >= 0.3 is 0 Å². The van der Waals surface area contributed by atoms with Gasteiger partial charge in [-0.15, -0.1) is 0 Å². The molecule has 1 fully saturated rings. The highest BCUT2D eigenvalue weighted by molar-refractivity contribution is 5.93. The quantitative estimate of drug-likeness (QED) is 0.525. The highest BCUT2D eigenvalue weighted by atomic mass is 15.3. The number of pyridine rings is 1. The molecule has 148 valence electrons. The summed E-state index contributed by atoms with van der Waals surface area (Å²) in [6, 6.07) is 11.5. The Bertz CT molecular complexity index is 1160. The number of H-pyrrole nitrogens is 1. The highest BCUT2D eigenvalue weighted by Gasteiger charge is 2.17. The summed E-state index contributed by atoms with van der Waals surface area (Å²) in [6.45, 7) is 8.43. The van der Waals surface area contributed by atoms with E-state index in [0.717, 1.165) is 42.8 Å². The molecule has 1 aromatic carbocycles. The number of piperidine rings is 1. The predicted octanol–water partition coefficient (Wildman–Crippen LogP) is 4.94. The summed E-state index contributed by atoms with van der Waals surface area (Å²) in [5, 5.41) is 9.35. The van der Waals surface area contributed by atoms with Crippen LogP contribution in [0.25, 0.3) is 33.3 Å². The SMILES string of the molecule is Cc1cc(-c2[nH]c3cc(-c4cnn(C5CCNCC5)c4)ccc3c2C)cc(C)n1. The molecule has 2 N–H and O–H groups in total. The summed E-state index contributed by atoms with van der Waals surface area (Å²) in [5.41, 5.74) is 9.29. The summed E-state index contributed by atoms with van der Waals surface area (Å²) in [7, 11) is 0.